The average molecular weight is 431 g/mol. The fourth-order valence-corrected chi connectivity index (χ4v) is 5.08. The Hall–Kier alpha value is -2.78. The molecule has 2 aliphatic rings. The molecule has 1 fully saturated rings. The van der Waals surface area contributed by atoms with E-state index in [1.54, 1.807) is 0 Å². The molecule has 4 rings (SSSR count). The zero-order chi connectivity index (χ0) is 20.4. The van der Waals surface area contributed by atoms with Crippen molar-refractivity contribution in [1.29, 1.82) is 0 Å². The van der Waals surface area contributed by atoms with Crippen molar-refractivity contribution in [3.63, 3.8) is 0 Å². The van der Waals surface area contributed by atoms with Gasteiger partial charge in [-0.3, -0.25) is 14.5 Å². The highest BCUT2D eigenvalue weighted by molar-refractivity contribution is 8.00. The third-order valence-corrected chi connectivity index (χ3v) is 6.73. The van der Waals surface area contributed by atoms with Gasteiger partial charge in [0.25, 0.3) is 5.91 Å². The van der Waals surface area contributed by atoms with Crippen LogP contribution in [0.3, 0.4) is 0 Å². The minimum Gasteiger partial charge on any atom is -0.509 e. The van der Waals surface area contributed by atoms with Crippen molar-refractivity contribution < 1.29 is 24.2 Å². The lowest BCUT2D eigenvalue weighted by atomic mass is 10.0. The van der Waals surface area contributed by atoms with E-state index in [0.29, 0.717) is 0 Å². The number of carbonyl (C=O) groups is 3. The van der Waals surface area contributed by atoms with E-state index < -0.39 is 23.3 Å². The van der Waals surface area contributed by atoms with Crippen molar-refractivity contribution in [2.75, 3.05) is 5.75 Å². The Kier molecular flexibility index (Phi) is 5.59. The van der Waals surface area contributed by atoms with Crippen LogP contribution in [0.1, 0.15) is 10.4 Å². The molecule has 1 aromatic carbocycles. The Bertz CT molecular complexity index is 959. The van der Waals surface area contributed by atoms with Gasteiger partial charge >= 0.3 is 5.97 Å². The predicted molar refractivity (Wildman–Crippen MR) is 109 cm³/mol. The number of nitrogens with zero attached hydrogens (tertiary/aromatic N) is 1. The van der Waals surface area contributed by atoms with Gasteiger partial charge in [-0.15, -0.1) is 23.1 Å². The number of thioether (sulfide) groups is 1. The van der Waals surface area contributed by atoms with Crippen LogP contribution in [0.2, 0.25) is 0 Å². The monoisotopic (exact) mass is 430 g/mol. The number of amides is 2. The topological polar surface area (TPSA) is 95.9 Å². The summed E-state index contributed by atoms with van der Waals surface area (Å²) in [6.07, 6.45) is 0.200. The van der Waals surface area contributed by atoms with E-state index in [9.17, 15) is 19.5 Å². The van der Waals surface area contributed by atoms with Crippen LogP contribution in [0.15, 0.2) is 59.3 Å². The van der Waals surface area contributed by atoms with Crippen LogP contribution < -0.4 is 5.32 Å². The van der Waals surface area contributed by atoms with Gasteiger partial charge in [0.05, 0.1) is 12.2 Å². The lowest BCUT2D eigenvalue weighted by Gasteiger charge is -2.48. The molecule has 0 saturated carbocycles. The van der Waals surface area contributed by atoms with Crippen LogP contribution >= 0.6 is 23.1 Å². The SMILES string of the molecule is O=C(Cc1cccs1)NC1C(=O)N2C(C(=O)OCc3ccccc3)=C(O)CS[C@@H]12. The van der Waals surface area contributed by atoms with Gasteiger partial charge in [0.15, 0.2) is 5.70 Å². The average Bonchev–Trinajstić information content (AvgIpc) is 3.23. The molecule has 3 heterocycles. The number of β-lactam (4-membered cyclic amide) rings is 1. The second-order valence-corrected chi connectivity index (χ2v) is 8.71. The number of rotatable bonds is 6. The number of esters is 1. The van der Waals surface area contributed by atoms with Crippen LogP contribution in [0.4, 0.5) is 0 Å². The Morgan fingerprint density at radius 2 is 2.00 bits per heavy atom. The molecule has 0 aliphatic carbocycles. The maximum absolute atomic E-state index is 12.6. The van der Waals surface area contributed by atoms with Crippen molar-refractivity contribution in [3.05, 3.63) is 69.7 Å². The summed E-state index contributed by atoms with van der Waals surface area (Å²) in [5.74, 6) is -1.46. The molecule has 2 aromatic rings. The standard InChI is InChI=1S/C20H18N2O5S2/c23-14-11-29-19-16(21-15(24)9-13-7-4-8-28-13)18(25)22(19)17(14)20(26)27-10-12-5-2-1-3-6-12/h1-8,16,19,23H,9-11H2,(H,21,24)/t16?,19-/m0/s1. The third kappa shape index (κ3) is 4.01. The number of nitrogens with one attached hydrogen (secondary N) is 1. The van der Waals surface area contributed by atoms with Gasteiger partial charge in [-0.2, -0.15) is 0 Å². The highest BCUT2D eigenvalue weighted by Gasteiger charge is 2.54. The maximum atomic E-state index is 12.6. The normalized spacial score (nSPS) is 20.7. The molecule has 2 aliphatic heterocycles. The van der Waals surface area contributed by atoms with E-state index in [1.807, 2.05) is 47.8 Å². The summed E-state index contributed by atoms with van der Waals surface area (Å²) in [7, 11) is 0. The van der Waals surface area contributed by atoms with Crippen LogP contribution in [0, 0.1) is 0 Å². The molecule has 0 spiro atoms. The molecular formula is C20H18N2O5S2. The largest absolute Gasteiger partial charge is 0.509 e. The Labute approximate surface area is 175 Å². The lowest BCUT2D eigenvalue weighted by molar-refractivity contribution is -0.153. The van der Waals surface area contributed by atoms with Crippen molar-refractivity contribution in [3.8, 4) is 0 Å². The van der Waals surface area contributed by atoms with Gasteiger partial charge in [0.1, 0.15) is 23.8 Å². The number of ether oxygens (including phenoxy) is 1. The quantitative estimate of drug-likeness (QED) is 0.539. The summed E-state index contributed by atoms with van der Waals surface area (Å²) in [4.78, 5) is 39.5. The van der Waals surface area contributed by atoms with Gasteiger partial charge in [0.2, 0.25) is 5.91 Å². The fourth-order valence-electron chi connectivity index (χ4n) is 3.18. The molecule has 0 bridgehead atoms. The van der Waals surface area contributed by atoms with Gasteiger partial charge in [-0.25, -0.2) is 4.79 Å². The maximum Gasteiger partial charge on any atom is 0.358 e. The third-order valence-electron chi connectivity index (χ3n) is 4.59. The fraction of sp³-hybridized carbons (Fsp3) is 0.250. The number of aliphatic hydroxyl groups is 1. The minimum atomic E-state index is -0.756. The molecule has 9 heteroatoms. The number of benzene rings is 1. The first-order chi connectivity index (χ1) is 14.0. The summed E-state index contributed by atoms with van der Waals surface area (Å²) in [5, 5.41) is 14.4. The second kappa shape index (κ2) is 8.30. The first kappa shape index (κ1) is 19.5. The van der Waals surface area contributed by atoms with E-state index >= 15 is 0 Å². The Balaban J connectivity index is 1.40. The second-order valence-electron chi connectivity index (χ2n) is 6.57. The molecule has 2 N–H and O–H groups in total. The zero-order valence-corrected chi connectivity index (χ0v) is 16.9. The van der Waals surface area contributed by atoms with Crippen LogP contribution in [0.5, 0.6) is 0 Å². The molecule has 150 valence electrons. The molecule has 1 saturated heterocycles. The molecular weight excluding hydrogens is 412 g/mol. The molecule has 1 unspecified atom stereocenters. The summed E-state index contributed by atoms with van der Waals surface area (Å²) < 4.78 is 5.28. The molecule has 7 nitrogen and oxygen atoms in total. The Morgan fingerprint density at radius 3 is 2.72 bits per heavy atom. The molecule has 2 atom stereocenters. The van der Waals surface area contributed by atoms with Crippen LogP contribution in [-0.2, 0) is 32.1 Å². The molecule has 2 amide bonds. The van der Waals surface area contributed by atoms with Crippen molar-refractivity contribution in [2.45, 2.75) is 24.4 Å². The first-order valence-corrected chi connectivity index (χ1v) is 10.9. The number of aliphatic hydroxyl groups excluding tert-OH is 1. The predicted octanol–water partition coefficient (Wildman–Crippen LogP) is 2.20. The summed E-state index contributed by atoms with van der Waals surface area (Å²) in [5.41, 5.74) is 0.662. The van der Waals surface area contributed by atoms with E-state index in [1.165, 1.54) is 28.0 Å². The molecule has 0 radical (unpaired) electrons. The van der Waals surface area contributed by atoms with Crippen molar-refractivity contribution in [1.82, 2.24) is 10.2 Å². The Morgan fingerprint density at radius 1 is 1.21 bits per heavy atom. The summed E-state index contributed by atoms with van der Waals surface area (Å²) >= 11 is 2.77. The lowest BCUT2D eigenvalue weighted by Crippen LogP contribution is -2.70. The van der Waals surface area contributed by atoms with E-state index in [4.69, 9.17) is 4.74 Å². The highest BCUT2D eigenvalue weighted by atomic mass is 32.2. The number of thiophene rings is 1. The van der Waals surface area contributed by atoms with E-state index in [2.05, 4.69) is 5.32 Å². The summed E-state index contributed by atoms with van der Waals surface area (Å²) in [6.45, 7) is 0.0390. The van der Waals surface area contributed by atoms with Gasteiger partial charge in [0, 0.05) is 4.88 Å². The van der Waals surface area contributed by atoms with E-state index in [0.717, 1.165) is 10.4 Å². The molecule has 1 aromatic heterocycles. The van der Waals surface area contributed by atoms with Crippen molar-refractivity contribution in [2.24, 2.45) is 0 Å². The number of carbonyl (C=O) groups excluding carboxylic acids is 3. The number of hydrogen-bond donors (Lipinski definition) is 2. The van der Waals surface area contributed by atoms with E-state index in [-0.39, 0.29) is 36.1 Å². The van der Waals surface area contributed by atoms with Crippen molar-refractivity contribution >= 4 is 40.9 Å². The van der Waals surface area contributed by atoms with Crippen LogP contribution in [-0.4, -0.2) is 45.0 Å². The van der Waals surface area contributed by atoms with Gasteiger partial charge in [-0.05, 0) is 17.0 Å². The number of hydrogen-bond acceptors (Lipinski definition) is 7. The van der Waals surface area contributed by atoms with Crippen LogP contribution in [0.25, 0.3) is 0 Å². The smallest absolute Gasteiger partial charge is 0.358 e. The molecule has 29 heavy (non-hydrogen) atoms. The number of fused-ring (bicyclic) bond motifs is 1. The zero-order valence-electron chi connectivity index (χ0n) is 15.2. The summed E-state index contributed by atoms with van der Waals surface area (Å²) in [6, 6.07) is 12.1. The first-order valence-electron chi connectivity index (χ1n) is 8.94. The minimum absolute atomic E-state index is 0.0390. The van der Waals surface area contributed by atoms with Gasteiger partial charge in [-0.1, -0.05) is 36.4 Å². The highest BCUT2D eigenvalue weighted by Crippen LogP contribution is 2.40. The van der Waals surface area contributed by atoms with Gasteiger partial charge < -0.3 is 15.2 Å².